The van der Waals surface area contributed by atoms with Crippen LogP contribution in [0.3, 0.4) is 0 Å². The number of carbonyl (C=O) groups excluding carboxylic acids is 1. The number of Topliss-reactive ketones (excluding diaryl/α,β-unsaturated/α-hetero) is 1. The highest BCUT2D eigenvalue weighted by atomic mass is 17.1. The summed E-state index contributed by atoms with van der Waals surface area (Å²) in [5, 5.41) is 9.19. The number of carbonyl (C=O) groups is 1. The van der Waals surface area contributed by atoms with E-state index in [9.17, 15) is 10.1 Å². The Morgan fingerprint density at radius 1 is 1.30 bits per heavy atom. The molecular weight excluding hydrogens is 288 g/mol. The highest BCUT2D eigenvalue weighted by molar-refractivity contribution is 5.99. The minimum absolute atomic E-state index is 0.0123. The topological polar surface area (TPSA) is 46.5 Å². The summed E-state index contributed by atoms with van der Waals surface area (Å²) in [6.07, 6.45) is 8.28. The molecule has 23 heavy (non-hydrogen) atoms. The highest BCUT2D eigenvalue weighted by Crippen LogP contribution is 2.50. The van der Waals surface area contributed by atoms with Gasteiger partial charge in [-0.15, -0.1) is 0 Å². The van der Waals surface area contributed by atoms with Crippen molar-refractivity contribution in [2.75, 3.05) is 0 Å². The lowest BCUT2D eigenvalue weighted by molar-refractivity contribution is -0.269. The number of hydrogen-bond acceptors (Lipinski definition) is 3. The largest absolute Gasteiger partial charge is 0.295 e. The number of rotatable bonds is 1. The molecule has 0 saturated heterocycles. The third-order valence-electron chi connectivity index (χ3n) is 5.62. The predicted octanol–water partition coefficient (Wildman–Crippen LogP) is 5.24. The summed E-state index contributed by atoms with van der Waals surface area (Å²) in [5.41, 5.74) is 4.50. The van der Waals surface area contributed by atoms with Gasteiger partial charge in [0.1, 0.15) is 6.10 Å². The van der Waals surface area contributed by atoms with Gasteiger partial charge in [0.05, 0.1) is 0 Å². The van der Waals surface area contributed by atoms with E-state index in [0.717, 1.165) is 42.4 Å². The van der Waals surface area contributed by atoms with Crippen LogP contribution < -0.4 is 0 Å². The molecule has 0 aromatic heterocycles. The summed E-state index contributed by atoms with van der Waals surface area (Å²) in [7, 11) is 0. The molecule has 128 valence electrons. The average Bonchev–Trinajstić information content (AvgIpc) is 2.73. The van der Waals surface area contributed by atoms with Gasteiger partial charge in [-0.05, 0) is 75.9 Å². The molecule has 1 saturated carbocycles. The molecule has 0 bridgehead atoms. The van der Waals surface area contributed by atoms with Crippen LogP contribution in [0.25, 0.3) is 0 Å². The lowest BCUT2D eigenvalue weighted by atomic mass is 9.73. The third-order valence-corrected chi connectivity index (χ3v) is 5.62. The van der Waals surface area contributed by atoms with Crippen LogP contribution in [0.5, 0.6) is 0 Å². The van der Waals surface area contributed by atoms with Crippen molar-refractivity contribution < 1.29 is 14.9 Å². The van der Waals surface area contributed by atoms with Crippen molar-refractivity contribution in [2.45, 2.75) is 72.8 Å². The molecule has 0 unspecified atom stereocenters. The Labute approximate surface area is 140 Å². The average molecular weight is 318 g/mol. The Kier molecular flexibility index (Phi) is 5.64. The van der Waals surface area contributed by atoms with Gasteiger partial charge in [0, 0.05) is 6.42 Å². The van der Waals surface area contributed by atoms with Gasteiger partial charge in [-0.2, -0.15) is 0 Å². The molecule has 0 amide bonds. The fourth-order valence-electron chi connectivity index (χ4n) is 4.04. The van der Waals surface area contributed by atoms with E-state index in [1.165, 1.54) is 5.57 Å². The molecule has 3 heteroatoms. The fourth-order valence-corrected chi connectivity index (χ4v) is 4.04. The van der Waals surface area contributed by atoms with E-state index in [1.54, 1.807) is 0 Å². The Morgan fingerprint density at radius 3 is 2.61 bits per heavy atom. The van der Waals surface area contributed by atoms with Crippen LogP contribution in [0.4, 0.5) is 0 Å². The van der Waals surface area contributed by atoms with Crippen LogP contribution in [-0.4, -0.2) is 17.1 Å². The first-order valence-electron chi connectivity index (χ1n) is 8.61. The molecule has 2 rings (SSSR count). The normalized spacial score (nSPS) is 37.3. The molecule has 0 aromatic rings. The maximum Gasteiger partial charge on any atom is 0.159 e. The molecule has 0 aromatic carbocycles. The van der Waals surface area contributed by atoms with Gasteiger partial charge in [-0.3, -0.25) is 10.1 Å². The van der Waals surface area contributed by atoms with Crippen LogP contribution in [0.1, 0.15) is 66.7 Å². The minimum atomic E-state index is -0.255. The van der Waals surface area contributed by atoms with Crippen molar-refractivity contribution in [1.29, 1.82) is 0 Å². The minimum Gasteiger partial charge on any atom is -0.295 e. The van der Waals surface area contributed by atoms with Crippen molar-refractivity contribution >= 4 is 5.78 Å². The van der Waals surface area contributed by atoms with E-state index in [-0.39, 0.29) is 17.4 Å². The molecule has 2 aliphatic rings. The zero-order chi connectivity index (χ0) is 17.2. The first-order chi connectivity index (χ1) is 10.8. The quantitative estimate of drug-likeness (QED) is 0.311. The molecule has 1 N–H and O–H groups in total. The molecule has 1 fully saturated rings. The van der Waals surface area contributed by atoms with Gasteiger partial charge in [0.2, 0.25) is 0 Å². The van der Waals surface area contributed by atoms with Crippen LogP contribution in [0.15, 0.2) is 34.4 Å². The molecule has 0 radical (unpaired) electrons. The van der Waals surface area contributed by atoms with Gasteiger partial charge in [0.25, 0.3) is 0 Å². The molecule has 0 heterocycles. The summed E-state index contributed by atoms with van der Waals surface area (Å²) in [5.74, 6) is 0.554. The summed E-state index contributed by atoms with van der Waals surface area (Å²) in [6.45, 7) is 10.5. The van der Waals surface area contributed by atoms with Crippen LogP contribution in [-0.2, 0) is 9.68 Å². The standard InChI is InChI=1S/C20H30O3/c1-13(2)19-16-8-7-15(4)18(23-22)9-6-14(3)10-11-20(16,5)12-17(19)21/h7,10,16,18,22H,6,8-9,11-12H2,1-5H3/b14-10-,15-7-/t16-,18-,20-/m1/s1. The van der Waals surface area contributed by atoms with E-state index in [4.69, 9.17) is 0 Å². The van der Waals surface area contributed by atoms with Crippen molar-refractivity contribution in [1.82, 2.24) is 0 Å². The van der Waals surface area contributed by atoms with Gasteiger partial charge < -0.3 is 0 Å². The smallest absolute Gasteiger partial charge is 0.159 e. The molecule has 2 aliphatic carbocycles. The SMILES string of the molecule is CC(C)=C1C(=O)C[C@@]2(C)C/C=C(/C)CC[C@@H](OO)/C(C)=C\C[C@H]12. The second-order valence-corrected chi connectivity index (χ2v) is 7.79. The van der Waals surface area contributed by atoms with E-state index < -0.39 is 0 Å². The summed E-state index contributed by atoms with van der Waals surface area (Å²) in [4.78, 5) is 17.3. The molecule has 0 spiro atoms. The van der Waals surface area contributed by atoms with Crippen molar-refractivity contribution in [3.05, 3.63) is 34.4 Å². The van der Waals surface area contributed by atoms with Gasteiger partial charge in [-0.1, -0.05) is 30.2 Å². The Bertz CT molecular complexity index is 563. The van der Waals surface area contributed by atoms with E-state index in [2.05, 4.69) is 30.9 Å². The van der Waals surface area contributed by atoms with Crippen LogP contribution >= 0.6 is 0 Å². The summed E-state index contributed by atoms with van der Waals surface area (Å²) >= 11 is 0. The zero-order valence-corrected chi connectivity index (χ0v) is 15.1. The number of ketones is 1. The van der Waals surface area contributed by atoms with E-state index in [1.807, 2.05) is 20.8 Å². The van der Waals surface area contributed by atoms with Crippen LogP contribution in [0, 0.1) is 11.3 Å². The van der Waals surface area contributed by atoms with Gasteiger partial charge in [-0.25, -0.2) is 4.89 Å². The third kappa shape index (κ3) is 3.84. The van der Waals surface area contributed by atoms with Crippen molar-refractivity contribution in [3.8, 4) is 0 Å². The first kappa shape index (κ1) is 18.2. The van der Waals surface area contributed by atoms with E-state index >= 15 is 0 Å². The molecular formula is C20H30O3. The Balaban J connectivity index is 2.45. The van der Waals surface area contributed by atoms with E-state index in [0.29, 0.717) is 12.2 Å². The summed E-state index contributed by atoms with van der Waals surface area (Å²) < 4.78 is 0. The van der Waals surface area contributed by atoms with Crippen LogP contribution in [0.2, 0.25) is 0 Å². The van der Waals surface area contributed by atoms with Gasteiger partial charge >= 0.3 is 0 Å². The number of allylic oxidation sites excluding steroid dienone is 5. The molecule has 0 aliphatic heterocycles. The Hall–Kier alpha value is -1.19. The van der Waals surface area contributed by atoms with Gasteiger partial charge in [0.15, 0.2) is 5.78 Å². The summed E-state index contributed by atoms with van der Waals surface area (Å²) in [6, 6.07) is 0. The Morgan fingerprint density at radius 2 is 2.00 bits per heavy atom. The molecule has 3 nitrogen and oxygen atoms in total. The monoisotopic (exact) mass is 318 g/mol. The second kappa shape index (κ2) is 7.14. The number of hydrogen-bond donors (Lipinski definition) is 1. The number of fused-ring (bicyclic) bond motifs is 1. The zero-order valence-electron chi connectivity index (χ0n) is 15.1. The maximum atomic E-state index is 12.6. The van der Waals surface area contributed by atoms with Crippen molar-refractivity contribution in [2.24, 2.45) is 11.3 Å². The van der Waals surface area contributed by atoms with Crippen molar-refractivity contribution in [3.63, 3.8) is 0 Å². The second-order valence-electron chi connectivity index (χ2n) is 7.79. The first-order valence-corrected chi connectivity index (χ1v) is 8.61. The fraction of sp³-hybridized carbons (Fsp3) is 0.650. The predicted molar refractivity (Wildman–Crippen MR) is 93.1 cm³/mol. The maximum absolute atomic E-state index is 12.6. The highest BCUT2D eigenvalue weighted by Gasteiger charge is 2.46. The molecule has 3 atom stereocenters. The lowest BCUT2D eigenvalue weighted by Crippen LogP contribution is -2.22. The lowest BCUT2D eigenvalue weighted by Gasteiger charge is -2.30.